The van der Waals surface area contributed by atoms with Crippen LogP contribution in [0.5, 0.6) is 28.7 Å². The molecule has 9 heterocycles. The molecule has 4 bridgehead atoms. The van der Waals surface area contributed by atoms with Crippen LogP contribution >= 0.6 is 11.8 Å². The molecule has 0 saturated carbocycles. The van der Waals surface area contributed by atoms with Gasteiger partial charge in [-0.3, -0.25) is 24.7 Å². The minimum atomic E-state index is -1.54. The number of ether oxygens (including phenoxy) is 6. The van der Waals surface area contributed by atoms with Crippen LogP contribution in [0.2, 0.25) is 0 Å². The number of carbonyl (C=O) groups is 3. The summed E-state index contributed by atoms with van der Waals surface area (Å²) < 4.78 is 36.4. The molecule has 0 amide bonds. The predicted molar refractivity (Wildman–Crippen MR) is 214 cm³/mol. The number of nitrogens with zero attached hydrogens (tertiary/aromatic N) is 2. The summed E-state index contributed by atoms with van der Waals surface area (Å²) in [5.41, 5.74) is 3.41. The van der Waals surface area contributed by atoms with Crippen molar-refractivity contribution in [3.05, 3.63) is 75.0 Å². The molecule has 59 heavy (non-hydrogen) atoms. The smallest absolute Gasteiger partial charge is 0.333 e. The highest BCUT2D eigenvalue weighted by Crippen LogP contribution is 2.65. The summed E-state index contributed by atoms with van der Waals surface area (Å²) in [7, 11) is 3.46. The van der Waals surface area contributed by atoms with Crippen LogP contribution in [0.25, 0.3) is 10.9 Å². The van der Waals surface area contributed by atoms with Crippen LogP contribution < -0.4 is 24.3 Å². The van der Waals surface area contributed by atoms with Gasteiger partial charge >= 0.3 is 17.9 Å². The van der Waals surface area contributed by atoms with E-state index in [0.29, 0.717) is 57.4 Å². The Morgan fingerprint density at radius 2 is 1.83 bits per heavy atom. The molecule has 4 aromatic rings. The number of aliphatic hydroxyl groups is 1. The number of methoxy groups -OCH3 is 1. The highest BCUT2D eigenvalue weighted by atomic mass is 32.2. The topological polar surface area (TPSA) is 181 Å². The van der Waals surface area contributed by atoms with E-state index < -0.39 is 58.6 Å². The molecule has 2 saturated heterocycles. The van der Waals surface area contributed by atoms with E-state index in [1.165, 1.54) is 32.7 Å². The second kappa shape index (κ2) is 13.5. The molecular formula is C43H46N4O11S. The number of hydrogen-bond donors (Lipinski definition) is 4. The van der Waals surface area contributed by atoms with Crippen LogP contribution in [0.1, 0.15) is 75.8 Å². The highest BCUT2D eigenvalue weighted by molar-refractivity contribution is 7.99. The van der Waals surface area contributed by atoms with Crippen LogP contribution in [-0.4, -0.2) is 107 Å². The second-order valence-corrected chi connectivity index (χ2v) is 17.8. The molecule has 8 aliphatic heterocycles. The zero-order valence-corrected chi connectivity index (χ0v) is 34.4. The molecule has 310 valence electrons. The number of phenolic OH excluding ortho intramolecular Hbond substituents is 1. The highest BCUT2D eigenvalue weighted by Gasteiger charge is 2.64. The number of aromatic nitrogens is 1. The van der Waals surface area contributed by atoms with E-state index >= 15 is 4.79 Å². The Morgan fingerprint density at radius 3 is 2.59 bits per heavy atom. The first-order chi connectivity index (χ1) is 28.3. The Hall–Kier alpha value is -5.00. The summed E-state index contributed by atoms with van der Waals surface area (Å²) in [6.45, 7) is 6.32. The van der Waals surface area contributed by atoms with Crippen LogP contribution in [0.4, 0.5) is 0 Å². The lowest BCUT2D eigenvalue weighted by Gasteiger charge is -2.60. The number of para-hydroxylation sites is 1. The number of piperazine rings is 1. The third kappa shape index (κ3) is 5.45. The van der Waals surface area contributed by atoms with Crippen LogP contribution in [0.3, 0.4) is 0 Å². The molecule has 3 aromatic carbocycles. The number of likely N-dealkylation sites (N-methyl/N-ethyl adjacent to an activating group) is 1. The summed E-state index contributed by atoms with van der Waals surface area (Å²) in [4.78, 5) is 48.0. The lowest BCUT2D eigenvalue weighted by atomic mass is 9.78. The fourth-order valence-corrected chi connectivity index (χ4v) is 12.7. The van der Waals surface area contributed by atoms with Crippen molar-refractivity contribution >= 4 is 40.6 Å². The zero-order valence-electron chi connectivity index (χ0n) is 33.6. The van der Waals surface area contributed by atoms with Gasteiger partial charge in [0.25, 0.3) is 0 Å². The van der Waals surface area contributed by atoms with Gasteiger partial charge in [0.05, 0.1) is 30.1 Å². The first-order valence-corrected chi connectivity index (χ1v) is 20.9. The number of aryl methyl sites for hydroxylation is 1. The maximum atomic E-state index is 15.2. The minimum Gasteiger partial charge on any atom is -0.504 e. The minimum absolute atomic E-state index is 0.00130. The molecule has 8 atom stereocenters. The van der Waals surface area contributed by atoms with E-state index in [9.17, 15) is 19.8 Å². The van der Waals surface area contributed by atoms with Crippen molar-refractivity contribution < 1.29 is 53.0 Å². The number of thioether (sulfide) groups is 1. The number of benzene rings is 3. The SMILES string of the molecule is COc1c(C)cc2c(c1O)[C@H]1[C@@H]3[C@@H]4SC[C@]5(N[C@H](COC(C)=O)Cc6c5[nH]c5ccccc65)C(=O)OCC(c5c6c(c(C)c(OC(C)=O)c54)OCO6)N3C(O)(C2)CN1C. The summed E-state index contributed by atoms with van der Waals surface area (Å²) in [6.07, 6.45) is 0.632. The number of rotatable bonds is 4. The molecule has 0 aliphatic carbocycles. The van der Waals surface area contributed by atoms with Gasteiger partial charge in [-0.25, -0.2) is 4.79 Å². The Bertz CT molecular complexity index is 2490. The molecule has 3 unspecified atom stereocenters. The lowest BCUT2D eigenvalue weighted by molar-refractivity contribution is -0.215. The number of H-pyrrole nitrogens is 1. The fourth-order valence-electron chi connectivity index (χ4n) is 11.0. The maximum Gasteiger partial charge on any atom is 0.333 e. The van der Waals surface area contributed by atoms with Gasteiger partial charge in [0.15, 0.2) is 28.5 Å². The summed E-state index contributed by atoms with van der Waals surface area (Å²) in [6, 6.07) is 7.41. The van der Waals surface area contributed by atoms with E-state index in [1.54, 1.807) is 0 Å². The monoisotopic (exact) mass is 826 g/mol. The summed E-state index contributed by atoms with van der Waals surface area (Å²) >= 11 is 1.46. The van der Waals surface area contributed by atoms with Crippen molar-refractivity contribution in [3.63, 3.8) is 0 Å². The van der Waals surface area contributed by atoms with Crippen LogP contribution in [0, 0.1) is 13.8 Å². The Kier molecular flexibility index (Phi) is 8.75. The number of carbonyl (C=O) groups excluding carboxylic acids is 3. The van der Waals surface area contributed by atoms with Crippen molar-refractivity contribution in [1.82, 2.24) is 20.1 Å². The van der Waals surface area contributed by atoms with Gasteiger partial charge in [0.1, 0.15) is 24.7 Å². The Morgan fingerprint density at radius 1 is 1.05 bits per heavy atom. The van der Waals surface area contributed by atoms with Gasteiger partial charge < -0.3 is 43.6 Å². The normalized spacial score (nSPS) is 30.2. The average molecular weight is 827 g/mol. The van der Waals surface area contributed by atoms with Crippen molar-refractivity contribution in [2.75, 3.05) is 46.5 Å². The third-order valence-corrected chi connectivity index (χ3v) is 14.5. The van der Waals surface area contributed by atoms with E-state index in [2.05, 4.69) is 15.2 Å². The lowest BCUT2D eigenvalue weighted by Crippen LogP contribution is -2.70. The fraction of sp³-hybridized carbons (Fsp3) is 0.465. The third-order valence-electron chi connectivity index (χ3n) is 13.1. The number of aromatic hydroxyl groups is 1. The summed E-state index contributed by atoms with van der Waals surface area (Å²) in [5, 5.41) is 29.3. The van der Waals surface area contributed by atoms with Gasteiger partial charge in [0.2, 0.25) is 6.79 Å². The van der Waals surface area contributed by atoms with Gasteiger partial charge in [-0.05, 0) is 50.1 Å². The van der Waals surface area contributed by atoms with Crippen molar-refractivity contribution in [2.45, 2.75) is 81.2 Å². The Balaban J connectivity index is 1.24. The zero-order chi connectivity index (χ0) is 41.3. The maximum absolute atomic E-state index is 15.2. The number of hydrogen-bond acceptors (Lipinski definition) is 15. The number of nitrogens with one attached hydrogen (secondary N) is 2. The van der Waals surface area contributed by atoms with E-state index in [-0.39, 0.29) is 44.5 Å². The number of esters is 3. The van der Waals surface area contributed by atoms with Crippen LogP contribution in [0.15, 0.2) is 30.3 Å². The van der Waals surface area contributed by atoms with E-state index in [4.69, 9.17) is 28.4 Å². The van der Waals surface area contributed by atoms with Crippen molar-refractivity contribution in [2.24, 2.45) is 0 Å². The average Bonchev–Trinajstić information content (AvgIpc) is 3.78. The number of fused-ring (bicyclic) bond motifs is 8. The molecule has 16 heteroatoms. The van der Waals surface area contributed by atoms with E-state index in [0.717, 1.165) is 27.6 Å². The van der Waals surface area contributed by atoms with Gasteiger partial charge in [0, 0.05) is 77.8 Å². The van der Waals surface area contributed by atoms with Gasteiger partial charge in [-0.2, -0.15) is 0 Å². The van der Waals surface area contributed by atoms with Crippen molar-refractivity contribution in [1.29, 1.82) is 0 Å². The Labute approximate surface area is 344 Å². The molecular weight excluding hydrogens is 781 g/mol. The van der Waals surface area contributed by atoms with Gasteiger partial charge in [-0.15, -0.1) is 11.8 Å². The van der Waals surface area contributed by atoms with Gasteiger partial charge in [-0.1, -0.05) is 24.3 Å². The molecule has 8 aliphatic rings. The molecule has 15 nitrogen and oxygen atoms in total. The molecule has 0 radical (unpaired) electrons. The summed E-state index contributed by atoms with van der Waals surface area (Å²) in [5.74, 6) is 0.120. The molecule has 2 fully saturated rings. The molecule has 1 spiro atoms. The quantitative estimate of drug-likeness (QED) is 0.170. The largest absolute Gasteiger partial charge is 0.504 e. The van der Waals surface area contributed by atoms with Crippen molar-refractivity contribution in [3.8, 4) is 28.7 Å². The first kappa shape index (κ1) is 38.2. The molecule has 4 N–H and O–H groups in total. The second-order valence-electron chi connectivity index (χ2n) is 16.6. The van der Waals surface area contributed by atoms with Crippen LogP contribution in [-0.2, 0) is 42.2 Å². The van der Waals surface area contributed by atoms with E-state index in [1.807, 2.05) is 56.1 Å². The number of phenols is 1. The standard InChI is InChI=1S/C43H46N4O11S/c1-19-11-23-13-42(52)16-46(5)32(29(23)34(50)35(19)53-6)33-39-31-30(38-37(56-18-57-38)20(2)36(31)58-22(4)49)28(47(33)42)15-55-41(51)43(17-59-39)40-26(12-24(45-43)14-54-21(3)48)25-9-7-8-10-27(25)44-40/h7-11,24,28,32-33,39,44-45,50,52H,12-18H2,1-6H3/t24-,28?,32-,33+,39+,42?,43+/m0/s1. The molecule has 1 aromatic heterocycles. The first-order valence-electron chi connectivity index (χ1n) is 19.8. The predicted octanol–water partition coefficient (Wildman–Crippen LogP) is 4.11. The molecule has 12 rings (SSSR count). The number of aromatic amines is 1.